The molecule has 0 radical (unpaired) electrons. The Morgan fingerprint density at radius 1 is 0.714 bits per heavy atom. The third kappa shape index (κ3) is 6.44. The van der Waals surface area contributed by atoms with Gasteiger partial charge in [-0.3, -0.25) is 14.4 Å². The van der Waals surface area contributed by atoms with Crippen molar-refractivity contribution in [3.63, 3.8) is 0 Å². The summed E-state index contributed by atoms with van der Waals surface area (Å²) < 4.78 is 22.2. The van der Waals surface area contributed by atoms with Gasteiger partial charge in [-0.25, -0.2) is 0 Å². The monoisotopic (exact) mass is 401 g/mol. The maximum absolute atomic E-state index is 12.5. The molecular weight excluding hydrogens is 366 g/mol. The third-order valence-electron chi connectivity index (χ3n) is 4.05. The van der Waals surface area contributed by atoms with E-state index in [0.29, 0.717) is 0 Å². The van der Waals surface area contributed by atoms with Crippen LogP contribution in [0, 0.1) is 16.2 Å². The maximum Gasteiger partial charge on any atom is 0.311 e. The second-order valence-electron chi connectivity index (χ2n) is 10.2. The van der Waals surface area contributed by atoms with Gasteiger partial charge in [0, 0.05) is 0 Å². The Morgan fingerprint density at radius 3 is 1.46 bits per heavy atom. The predicted octanol–water partition coefficient (Wildman–Crippen LogP) is 2.18. The first-order chi connectivity index (χ1) is 12.4. The summed E-state index contributed by atoms with van der Waals surface area (Å²) in [6, 6.07) is 0. The highest BCUT2D eigenvalue weighted by Crippen LogP contribution is 2.29. The summed E-state index contributed by atoms with van der Waals surface area (Å²) in [5, 5.41) is 0. The maximum atomic E-state index is 12.5. The molecule has 0 aromatic heterocycles. The van der Waals surface area contributed by atoms with Crippen molar-refractivity contribution in [2.24, 2.45) is 22.0 Å². The Hall–Kier alpha value is -1.67. The molecule has 1 rings (SSSR count). The molecule has 1 fully saturated rings. The summed E-state index contributed by atoms with van der Waals surface area (Å²) in [6.45, 7) is 15.2. The molecule has 1 aliphatic rings. The largest absolute Gasteiger partial charge is 0.455 e. The van der Waals surface area contributed by atoms with Crippen LogP contribution in [-0.2, 0) is 33.3 Å². The minimum Gasteiger partial charge on any atom is -0.455 e. The van der Waals surface area contributed by atoms with Crippen LogP contribution in [0.1, 0.15) is 62.3 Å². The Morgan fingerprint density at radius 2 is 1.07 bits per heavy atom. The van der Waals surface area contributed by atoms with E-state index < -0.39 is 58.7 Å². The minimum absolute atomic E-state index is 0.0748. The number of ether oxygens (including phenoxy) is 4. The van der Waals surface area contributed by atoms with E-state index in [1.807, 2.05) is 0 Å². The van der Waals surface area contributed by atoms with Gasteiger partial charge in [0.1, 0.15) is 6.23 Å². The first kappa shape index (κ1) is 24.4. The molecule has 1 heterocycles. The smallest absolute Gasteiger partial charge is 0.311 e. The van der Waals surface area contributed by atoms with E-state index in [2.05, 4.69) is 0 Å². The fourth-order valence-corrected chi connectivity index (χ4v) is 2.09. The van der Waals surface area contributed by atoms with Gasteiger partial charge in [-0.2, -0.15) is 0 Å². The van der Waals surface area contributed by atoms with E-state index in [4.69, 9.17) is 24.7 Å². The van der Waals surface area contributed by atoms with Gasteiger partial charge >= 0.3 is 17.9 Å². The second-order valence-corrected chi connectivity index (χ2v) is 10.2. The predicted molar refractivity (Wildman–Crippen MR) is 102 cm³/mol. The third-order valence-corrected chi connectivity index (χ3v) is 4.05. The fourth-order valence-electron chi connectivity index (χ4n) is 2.09. The van der Waals surface area contributed by atoms with E-state index in [-0.39, 0.29) is 6.61 Å². The molecule has 2 unspecified atom stereocenters. The minimum atomic E-state index is -1.11. The number of rotatable bonds is 3. The fraction of sp³-hybridized carbons (Fsp3) is 0.850. The van der Waals surface area contributed by atoms with Gasteiger partial charge in [0.15, 0.2) is 18.3 Å². The quantitative estimate of drug-likeness (QED) is 0.565. The molecule has 0 aliphatic carbocycles. The number of carbonyl (C=O) groups is 3. The zero-order chi connectivity index (χ0) is 22.1. The molecule has 1 saturated heterocycles. The Labute approximate surface area is 167 Å². The first-order valence-corrected chi connectivity index (χ1v) is 9.45. The van der Waals surface area contributed by atoms with Gasteiger partial charge in [-0.05, 0) is 62.3 Å². The average Bonchev–Trinajstić information content (AvgIpc) is 2.49. The standard InChI is InChI=1S/C20H35NO7/c1-18(2,3)15(22)26-11-10-25-14(21)13(28-17(24)20(7,8)9)12(11)27-16(23)19(4,5)6/h11-14H,10,21H2,1-9H3/t11-,12?,13?,14+/m1/s1. The number of hydrogen-bond acceptors (Lipinski definition) is 8. The van der Waals surface area contributed by atoms with Crippen LogP contribution in [0.4, 0.5) is 0 Å². The molecule has 1 aliphatic heterocycles. The van der Waals surface area contributed by atoms with Crippen molar-refractivity contribution >= 4 is 17.9 Å². The average molecular weight is 402 g/mol. The summed E-state index contributed by atoms with van der Waals surface area (Å²) in [7, 11) is 0. The normalized spacial score (nSPS) is 26.4. The van der Waals surface area contributed by atoms with Gasteiger partial charge in [-0.15, -0.1) is 0 Å². The van der Waals surface area contributed by atoms with Crippen LogP contribution < -0.4 is 5.73 Å². The van der Waals surface area contributed by atoms with Crippen LogP contribution in [0.25, 0.3) is 0 Å². The SMILES string of the molecule is CC(C)(C)C(=O)OC1C(OC(=O)C(C)(C)C)[C@H](OC(=O)C(C)(C)C)CO[C@@H]1N. The topological polar surface area (TPSA) is 114 Å². The lowest BCUT2D eigenvalue weighted by atomic mass is 9.95. The zero-order valence-corrected chi connectivity index (χ0v) is 18.5. The van der Waals surface area contributed by atoms with Crippen molar-refractivity contribution in [1.29, 1.82) is 0 Å². The molecule has 0 bridgehead atoms. The summed E-state index contributed by atoms with van der Waals surface area (Å²) in [4.78, 5) is 37.3. The molecule has 8 heteroatoms. The molecule has 0 aromatic rings. The highest BCUT2D eigenvalue weighted by molar-refractivity contribution is 5.77. The highest BCUT2D eigenvalue weighted by Gasteiger charge is 2.48. The number of nitrogens with two attached hydrogens (primary N) is 1. The summed E-state index contributed by atoms with van der Waals surface area (Å²) in [5.41, 5.74) is 3.62. The Kier molecular flexibility index (Phi) is 7.28. The summed E-state index contributed by atoms with van der Waals surface area (Å²) in [5.74, 6) is -1.55. The van der Waals surface area contributed by atoms with Crippen molar-refractivity contribution in [2.45, 2.75) is 86.9 Å². The molecule has 0 saturated carbocycles. The van der Waals surface area contributed by atoms with Gasteiger partial charge < -0.3 is 24.7 Å². The van der Waals surface area contributed by atoms with Gasteiger partial charge in [0.25, 0.3) is 0 Å². The van der Waals surface area contributed by atoms with E-state index in [1.54, 1.807) is 62.3 Å². The Bertz CT molecular complexity index is 595. The van der Waals surface area contributed by atoms with Crippen LogP contribution in [0.2, 0.25) is 0 Å². The van der Waals surface area contributed by atoms with E-state index in [9.17, 15) is 14.4 Å². The van der Waals surface area contributed by atoms with Gasteiger partial charge in [0.2, 0.25) is 0 Å². The summed E-state index contributed by atoms with van der Waals surface area (Å²) in [6.07, 6.45) is -4.15. The van der Waals surface area contributed by atoms with E-state index >= 15 is 0 Å². The molecule has 0 spiro atoms. The van der Waals surface area contributed by atoms with Gasteiger partial charge in [0.05, 0.1) is 22.9 Å². The zero-order valence-electron chi connectivity index (χ0n) is 18.5. The lowest BCUT2D eigenvalue weighted by molar-refractivity contribution is -0.234. The van der Waals surface area contributed by atoms with Crippen LogP contribution in [-0.4, -0.2) is 49.1 Å². The van der Waals surface area contributed by atoms with Gasteiger partial charge in [-0.1, -0.05) is 0 Å². The van der Waals surface area contributed by atoms with Crippen molar-refractivity contribution < 1.29 is 33.3 Å². The molecule has 162 valence electrons. The number of hydrogen-bond donors (Lipinski definition) is 1. The van der Waals surface area contributed by atoms with E-state index in [0.717, 1.165) is 0 Å². The molecule has 2 N–H and O–H groups in total. The molecule has 28 heavy (non-hydrogen) atoms. The van der Waals surface area contributed by atoms with E-state index in [1.165, 1.54) is 0 Å². The summed E-state index contributed by atoms with van der Waals surface area (Å²) >= 11 is 0. The Balaban J connectivity index is 3.18. The lowest BCUT2D eigenvalue weighted by Crippen LogP contribution is -2.61. The first-order valence-electron chi connectivity index (χ1n) is 9.45. The molecule has 4 atom stereocenters. The highest BCUT2D eigenvalue weighted by atomic mass is 16.6. The van der Waals surface area contributed by atoms with Crippen LogP contribution >= 0.6 is 0 Å². The van der Waals surface area contributed by atoms with Crippen molar-refractivity contribution in [3.8, 4) is 0 Å². The molecule has 0 aromatic carbocycles. The van der Waals surface area contributed by atoms with Crippen molar-refractivity contribution in [1.82, 2.24) is 0 Å². The molecule has 8 nitrogen and oxygen atoms in total. The van der Waals surface area contributed by atoms with Crippen molar-refractivity contribution in [3.05, 3.63) is 0 Å². The van der Waals surface area contributed by atoms with Crippen LogP contribution in [0.5, 0.6) is 0 Å². The van der Waals surface area contributed by atoms with Crippen LogP contribution in [0.15, 0.2) is 0 Å². The lowest BCUT2D eigenvalue weighted by Gasteiger charge is -2.41. The number of carbonyl (C=O) groups excluding carboxylic acids is 3. The number of esters is 3. The van der Waals surface area contributed by atoms with Crippen molar-refractivity contribution in [2.75, 3.05) is 6.61 Å². The molecule has 0 amide bonds. The molecular formula is C20H35NO7. The van der Waals surface area contributed by atoms with Crippen LogP contribution in [0.3, 0.4) is 0 Å². The second kappa shape index (κ2) is 8.37.